The maximum Gasteiger partial charge on any atom is 0.109 e. The van der Waals surface area contributed by atoms with Crippen LogP contribution in [-0.4, -0.2) is 9.55 Å². The van der Waals surface area contributed by atoms with Gasteiger partial charge in [-0.2, -0.15) is 0 Å². The molecule has 2 heteroatoms. The molecule has 3 rings (SSSR count). The quantitative estimate of drug-likeness (QED) is 0.724. The first-order valence-electron chi connectivity index (χ1n) is 6.39. The van der Waals surface area contributed by atoms with Gasteiger partial charge in [0, 0.05) is 24.2 Å². The standard InChI is InChI=1S/C15H18N2/c1-11-5-3-7-13(9-11)14-10-17-12(2)6-4-8-15(17)16-14/h3,5,7,9-10,12H,4,6,8H2,1-2H3/t12-/m0/s1. The van der Waals surface area contributed by atoms with Crippen molar-refractivity contribution in [1.29, 1.82) is 0 Å². The first kappa shape index (κ1) is 10.6. The van der Waals surface area contributed by atoms with Crippen molar-refractivity contribution < 1.29 is 0 Å². The highest BCUT2D eigenvalue weighted by Crippen LogP contribution is 2.28. The summed E-state index contributed by atoms with van der Waals surface area (Å²) in [5.74, 6) is 1.25. The van der Waals surface area contributed by atoms with Gasteiger partial charge in [-0.1, -0.05) is 23.8 Å². The Hall–Kier alpha value is -1.57. The van der Waals surface area contributed by atoms with Crippen LogP contribution in [0.3, 0.4) is 0 Å². The van der Waals surface area contributed by atoms with Crippen molar-refractivity contribution in [3.63, 3.8) is 0 Å². The van der Waals surface area contributed by atoms with Crippen LogP contribution in [-0.2, 0) is 6.42 Å². The molecule has 2 aromatic rings. The highest BCUT2D eigenvalue weighted by atomic mass is 15.1. The lowest BCUT2D eigenvalue weighted by Gasteiger charge is -2.20. The number of rotatable bonds is 1. The largest absolute Gasteiger partial charge is 0.331 e. The third-order valence-corrected chi connectivity index (χ3v) is 3.62. The zero-order valence-corrected chi connectivity index (χ0v) is 10.5. The number of aryl methyl sites for hydroxylation is 2. The van der Waals surface area contributed by atoms with E-state index in [1.807, 2.05) is 0 Å². The van der Waals surface area contributed by atoms with Crippen molar-refractivity contribution >= 4 is 0 Å². The van der Waals surface area contributed by atoms with E-state index in [1.165, 1.54) is 29.8 Å². The molecule has 2 nitrogen and oxygen atoms in total. The molecule has 1 aliphatic heterocycles. The number of benzene rings is 1. The predicted molar refractivity (Wildman–Crippen MR) is 70.0 cm³/mol. The topological polar surface area (TPSA) is 17.8 Å². The molecule has 1 aliphatic rings. The smallest absolute Gasteiger partial charge is 0.109 e. The van der Waals surface area contributed by atoms with Crippen LogP contribution in [0.2, 0.25) is 0 Å². The lowest BCUT2D eigenvalue weighted by Crippen LogP contribution is -2.14. The Morgan fingerprint density at radius 1 is 1.35 bits per heavy atom. The molecule has 1 atom stereocenters. The van der Waals surface area contributed by atoms with Crippen molar-refractivity contribution in [1.82, 2.24) is 9.55 Å². The van der Waals surface area contributed by atoms with E-state index in [4.69, 9.17) is 4.98 Å². The molecule has 0 saturated carbocycles. The van der Waals surface area contributed by atoms with Crippen molar-refractivity contribution in [3.05, 3.63) is 41.9 Å². The third-order valence-electron chi connectivity index (χ3n) is 3.62. The summed E-state index contributed by atoms with van der Waals surface area (Å²) in [7, 11) is 0. The number of hydrogen-bond acceptors (Lipinski definition) is 1. The van der Waals surface area contributed by atoms with Crippen molar-refractivity contribution in [3.8, 4) is 11.3 Å². The molecular formula is C15H18N2. The summed E-state index contributed by atoms with van der Waals surface area (Å²) in [6, 6.07) is 9.18. The number of hydrogen-bond donors (Lipinski definition) is 0. The van der Waals surface area contributed by atoms with Gasteiger partial charge in [0.15, 0.2) is 0 Å². The number of fused-ring (bicyclic) bond motifs is 1. The molecule has 0 saturated heterocycles. The zero-order valence-electron chi connectivity index (χ0n) is 10.5. The maximum absolute atomic E-state index is 4.78. The Kier molecular flexibility index (Phi) is 2.50. The van der Waals surface area contributed by atoms with Gasteiger partial charge in [0.25, 0.3) is 0 Å². The van der Waals surface area contributed by atoms with Gasteiger partial charge in [-0.25, -0.2) is 4.98 Å². The Morgan fingerprint density at radius 2 is 2.24 bits per heavy atom. The minimum absolute atomic E-state index is 0.602. The average Bonchev–Trinajstić information content (AvgIpc) is 2.74. The molecule has 0 spiro atoms. The Balaban J connectivity index is 2.05. The van der Waals surface area contributed by atoms with E-state index >= 15 is 0 Å². The summed E-state index contributed by atoms with van der Waals surface area (Å²) in [4.78, 5) is 4.78. The van der Waals surface area contributed by atoms with Crippen molar-refractivity contribution in [2.24, 2.45) is 0 Å². The van der Waals surface area contributed by atoms with Gasteiger partial charge in [-0.15, -0.1) is 0 Å². The zero-order chi connectivity index (χ0) is 11.8. The molecule has 88 valence electrons. The molecular weight excluding hydrogens is 208 g/mol. The lowest BCUT2D eigenvalue weighted by molar-refractivity contribution is 0.426. The summed E-state index contributed by atoms with van der Waals surface area (Å²) >= 11 is 0. The monoisotopic (exact) mass is 226 g/mol. The van der Waals surface area contributed by atoms with Gasteiger partial charge in [0.05, 0.1) is 5.69 Å². The second kappa shape index (κ2) is 4.02. The molecule has 0 radical (unpaired) electrons. The van der Waals surface area contributed by atoms with Crippen LogP contribution in [0.15, 0.2) is 30.5 Å². The van der Waals surface area contributed by atoms with E-state index in [-0.39, 0.29) is 0 Å². The van der Waals surface area contributed by atoms with Gasteiger partial charge < -0.3 is 4.57 Å². The van der Waals surface area contributed by atoms with Crippen LogP contribution in [0.5, 0.6) is 0 Å². The number of imidazole rings is 1. The van der Waals surface area contributed by atoms with Gasteiger partial charge in [-0.3, -0.25) is 0 Å². The SMILES string of the molecule is Cc1cccc(-c2cn3c(n2)CCC[C@@H]3C)c1. The fourth-order valence-electron chi connectivity index (χ4n) is 2.64. The van der Waals surface area contributed by atoms with Gasteiger partial charge in [0.1, 0.15) is 5.82 Å². The summed E-state index contributed by atoms with van der Waals surface area (Å²) in [5.41, 5.74) is 3.65. The second-order valence-electron chi connectivity index (χ2n) is 5.06. The van der Waals surface area contributed by atoms with Gasteiger partial charge >= 0.3 is 0 Å². The molecule has 0 N–H and O–H groups in total. The molecule has 0 aliphatic carbocycles. The Bertz CT molecular complexity index is 540. The van der Waals surface area contributed by atoms with Gasteiger partial charge in [0.2, 0.25) is 0 Å². The highest BCUT2D eigenvalue weighted by molar-refractivity contribution is 5.59. The summed E-state index contributed by atoms with van der Waals surface area (Å²) in [5, 5.41) is 0. The normalized spacial score (nSPS) is 19.1. The molecule has 1 aromatic carbocycles. The number of nitrogens with zero attached hydrogens (tertiary/aromatic N) is 2. The van der Waals surface area contributed by atoms with Crippen LogP contribution < -0.4 is 0 Å². The molecule has 0 fully saturated rings. The molecule has 17 heavy (non-hydrogen) atoms. The summed E-state index contributed by atoms with van der Waals surface area (Å²) in [6.45, 7) is 4.41. The van der Waals surface area contributed by atoms with Crippen LogP contribution in [0, 0.1) is 6.92 Å². The first-order valence-corrected chi connectivity index (χ1v) is 6.39. The minimum Gasteiger partial charge on any atom is -0.331 e. The van der Waals surface area contributed by atoms with E-state index in [9.17, 15) is 0 Å². The summed E-state index contributed by atoms with van der Waals surface area (Å²) in [6.07, 6.45) is 5.88. The fourth-order valence-corrected chi connectivity index (χ4v) is 2.64. The van der Waals surface area contributed by atoms with Crippen LogP contribution in [0.25, 0.3) is 11.3 Å². The first-order chi connectivity index (χ1) is 8.24. The van der Waals surface area contributed by atoms with E-state index in [0.29, 0.717) is 6.04 Å². The van der Waals surface area contributed by atoms with Crippen LogP contribution in [0.4, 0.5) is 0 Å². The highest BCUT2D eigenvalue weighted by Gasteiger charge is 2.18. The summed E-state index contributed by atoms with van der Waals surface area (Å²) < 4.78 is 2.35. The Labute approximate surface area is 102 Å². The average molecular weight is 226 g/mol. The van der Waals surface area contributed by atoms with Crippen LogP contribution in [0.1, 0.15) is 37.2 Å². The van der Waals surface area contributed by atoms with Crippen molar-refractivity contribution in [2.45, 2.75) is 39.2 Å². The van der Waals surface area contributed by atoms with Gasteiger partial charge in [-0.05, 0) is 32.8 Å². The number of aromatic nitrogens is 2. The van der Waals surface area contributed by atoms with E-state index < -0.39 is 0 Å². The maximum atomic E-state index is 4.78. The minimum atomic E-state index is 0.602. The molecule has 1 aromatic heterocycles. The second-order valence-corrected chi connectivity index (χ2v) is 5.06. The van der Waals surface area contributed by atoms with E-state index in [2.05, 4.69) is 48.9 Å². The van der Waals surface area contributed by atoms with Crippen molar-refractivity contribution in [2.75, 3.05) is 0 Å². The molecule has 2 heterocycles. The molecule has 0 bridgehead atoms. The molecule has 0 unspecified atom stereocenters. The van der Waals surface area contributed by atoms with E-state index in [1.54, 1.807) is 0 Å². The third kappa shape index (κ3) is 1.88. The Morgan fingerprint density at radius 3 is 3.00 bits per heavy atom. The molecule has 0 amide bonds. The fraction of sp³-hybridized carbons (Fsp3) is 0.400. The lowest BCUT2D eigenvalue weighted by atomic mass is 10.1. The predicted octanol–water partition coefficient (Wildman–Crippen LogP) is 3.76. The van der Waals surface area contributed by atoms with Crippen LogP contribution >= 0.6 is 0 Å². The van der Waals surface area contributed by atoms with E-state index in [0.717, 1.165) is 12.1 Å².